The van der Waals surface area contributed by atoms with Crippen molar-refractivity contribution in [1.29, 1.82) is 0 Å². The Labute approximate surface area is 166 Å². The van der Waals surface area contributed by atoms with E-state index >= 15 is 0 Å². The number of methoxy groups -OCH3 is 1. The molecule has 0 aliphatic heterocycles. The number of anilines is 1. The highest BCUT2D eigenvalue weighted by molar-refractivity contribution is 6.30. The Morgan fingerprint density at radius 2 is 2.00 bits per heavy atom. The average molecular weight is 400 g/mol. The Morgan fingerprint density at radius 3 is 2.71 bits per heavy atom. The summed E-state index contributed by atoms with van der Waals surface area (Å²) >= 11 is 5.91. The zero-order chi connectivity index (χ0) is 19.9. The molecule has 0 fully saturated rings. The molecule has 0 atom stereocenters. The normalized spacial score (nSPS) is 10.8. The quantitative estimate of drug-likeness (QED) is 0.467. The van der Waals surface area contributed by atoms with Gasteiger partial charge >= 0.3 is 0 Å². The molecule has 2 N–H and O–H groups in total. The molecule has 0 saturated carbocycles. The van der Waals surface area contributed by atoms with E-state index in [2.05, 4.69) is 25.7 Å². The summed E-state index contributed by atoms with van der Waals surface area (Å²) in [6, 6.07) is 12.8. The van der Waals surface area contributed by atoms with Gasteiger partial charge in [0.15, 0.2) is 11.5 Å². The van der Waals surface area contributed by atoms with Gasteiger partial charge in [0, 0.05) is 10.6 Å². The van der Waals surface area contributed by atoms with Gasteiger partial charge in [0.05, 0.1) is 13.3 Å². The summed E-state index contributed by atoms with van der Waals surface area (Å²) in [5.41, 5.74) is 4.23. The number of hydrogen-bond donors (Lipinski definition) is 2. The van der Waals surface area contributed by atoms with Crippen molar-refractivity contribution < 1.29 is 9.47 Å². The molecule has 0 amide bonds. The molecule has 0 aliphatic rings. The van der Waals surface area contributed by atoms with Crippen LogP contribution in [0.15, 0.2) is 52.4 Å². The van der Waals surface area contributed by atoms with Gasteiger partial charge in [-0.05, 0) is 36.8 Å². The van der Waals surface area contributed by atoms with Crippen molar-refractivity contribution in [3.8, 4) is 11.5 Å². The molecule has 1 aromatic heterocycles. The molecular weight excluding hydrogens is 382 g/mol. The number of H-pyrrole nitrogens is 1. The number of nitrogens with zero attached hydrogens (tertiary/aromatic N) is 3. The number of aromatic amines is 1. The second kappa shape index (κ2) is 9.01. The van der Waals surface area contributed by atoms with Gasteiger partial charge < -0.3 is 9.47 Å². The van der Waals surface area contributed by atoms with E-state index in [9.17, 15) is 4.79 Å². The zero-order valence-corrected chi connectivity index (χ0v) is 16.0. The third kappa shape index (κ3) is 4.86. The fourth-order valence-electron chi connectivity index (χ4n) is 2.29. The smallest absolute Gasteiger partial charge is 0.274 e. The fraction of sp³-hybridized carbons (Fsp3) is 0.158. The second-order valence-corrected chi connectivity index (χ2v) is 6.19. The van der Waals surface area contributed by atoms with Crippen LogP contribution in [0.1, 0.15) is 16.8 Å². The molecule has 0 unspecified atom stereocenters. The number of hydrogen-bond acceptors (Lipinski definition) is 7. The number of para-hydroxylation sites is 1. The van der Waals surface area contributed by atoms with Gasteiger partial charge in [-0.1, -0.05) is 29.8 Å². The first kappa shape index (κ1) is 19.4. The van der Waals surface area contributed by atoms with Gasteiger partial charge in [0.25, 0.3) is 5.56 Å². The second-order valence-electron chi connectivity index (χ2n) is 5.75. The largest absolute Gasteiger partial charge is 0.493 e. The molecule has 3 aromatic rings. The van der Waals surface area contributed by atoms with Crippen LogP contribution in [0, 0.1) is 6.92 Å². The van der Waals surface area contributed by atoms with Crippen LogP contribution in [0.2, 0.25) is 5.02 Å². The van der Waals surface area contributed by atoms with E-state index in [1.807, 2.05) is 24.3 Å². The maximum atomic E-state index is 11.6. The minimum absolute atomic E-state index is 0.137. The molecule has 28 heavy (non-hydrogen) atoms. The van der Waals surface area contributed by atoms with Gasteiger partial charge in [-0.25, -0.2) is 5.43 Å². The topological polar surface area (TPSA) is 101 Å². The molecule has 0 bridgehead atoms. The number of aromatic nitrogens is 3. The Hall–Kier alpha value is -3.39. The number of nitrogens with one attached hydrogen (secondary N) is 2. The Morgan fingerprint density at radius 1 is 1.21 bits per heavy atom. The highest BCUT2D eigenvalue weighted by Gasteiger charge is 2.10. The summed E-state index contributed by atoms with van der Waals surface area (Å²) in [6.45, 7) is 1.90. The van der Waals surface area contributed by atoms with E-state index in [0.29, 0.717) is 28.7 Å². The maximum absolute atomic E-state index is 11.6. The molecule has 2 aromatic carbocycles. The van der Waals surface area contributed by atoms with Crippen molar-refractivity contribution in [2.45, 2.75) is 13.5 Å². The van der Waals surface area contributed by atoms with E-state index < -0.39 is 0 Å². The summed E-state index contributed by atoms with van der Waals surface area (Å²) in [6.07, 6.45) is 1.54. The molecular formula is C19H18ClN5O3. The molecule has 8 nitrogen and oxygen atoms in total. The number of halogens is 1. The van der Waals surface area contributed by atoms with Crippen LogP contribution in [0.5, 0.6) is 11.5 Å². The van der Waals surface area contributed by atoms with E-state index in [0.717, 1.165) is 5.56 Å². The maximum Gasteiger partial charge on any atom is 0.274 e. The molecule has 9 heteroatoms. The number of benzene rings is 2. The number of hydrazone groups is 1. The molecule has 0 radical (unpaired) electrons. The van der Waals surface area contributed by atoms with Crippen molar-refractivity contribution in [2.75, 3.05) is 12.5 Å². The molecule has 3 rings (SSSR count). The van der Waals surface area contributed by atoms with Crippen LogP contribution in [-0.4, -0.2) is 28.5 Å². The number of ether oxygens (including phenoxy) is 2. The lowest BCUT2D eigenvalue weighted by atomic mass is 10.2. The monoisotopic (exact) mass is 399 g/mol. The van der Waals surface area contributed by atoms with Gasteiger partial charge in [-0.15, -0.1) is 10.2 Å². The predicted molar refractivity (Wildman–Crippen MR) is 107 cm³/mol. The van der Waals surface area contributed by atoms with Crippen LogP contribution in [-0.2, 0) is 6.61 Å². The minimum atomic E-state index is -0.332. The highest BCUT2D eigenvalue weighted by atomic mass is 35.5. The molecule has 0 spiro atoms. The summed E-state index contributed by atoms with van der Waals surface area (Å²) in [4.78, 5) is 14.1. The Bertz CT molecular complexity index is 1030. The lowest BCUT2D eigenvalue weighted by Gasteiger charge is -2.13. The molecule has 0 saturated heterocycles. The van der Waals surface area contributed by atoms with Gasteiger partial charge in [-0.3, -0.25) is 9.78 Å². The summed E-state index contributed by atoms with van der Waals surface area (Å²) < 4.78 is 11.3. The lowest BCUT2D eigenvalue weighted by Crippen LogP contribution is -2.15. The Kier molecular flexibility index (Phi) is 6.23. The first-order chi connectivity index (χ1) is 13.6. The fourth-order valence-corrected chi connectivity index (χ4v) is 2.42. The van der Waals surface area contributed by atoms with Gasteiger partial charge in [0.2, 0.25) is 5.95 Å². The van der Waals surface area contributed by atoms with Crippen LogP contribution < -0.4 is 20.5 Å². The standard InChI is InChI=1S/C19H18ClN5O3/c1-12-18(26)22-19(25-23-12)24-21-10-14-4-3-5-16(27-2)17(14)28-11-13-6-8-15(20)9-7-13/h3-10H,11H2,1-2H3,(H2,22,24,25,26)/b21-10+. The van der Waals surface area contributed by atoms with Crippen molar-refractivity contribution in [3.05, 3.63) is 74.7 Å². The van der Waals surface area contributed by atoms with Crippen molar-refractivity contribution in [2.24, 2.45) is 5.10 Å². The molecule has 144 valence electrons. The van der Waals surface area contributed by atoms with Crippen LogP contribution in [0.25, 0.3) is 0 Å². The summed E-state index contributed by atoms with van der Waals surface area (Å²) in [5, 5.41) is 12.3. The molecule has 1 heterocycles. The van der Waals surface area contributed by atoms with Gasteiger partial charge in [-0.2, -0.15) is 5.10 Å². The van der Waals surface area contributed by atoms with Crippen molar-refractivity contribution in [3.63, 3.8) is 0 Å². The number of aryl methyl sites for hydroxylation is 1. The van der Waals surface area contributed by atoms with E-state index in [4.69, 9.17) is 21.1 Å². The lowest BCUT2D eigenvalue weighted by molar-refractivity contribution is 0.284. The van der Waals surface area contributed by atoms with Crippen LogP contribution in [0.3, 0.4) is 0 Å². The van der Waals surface area contributed by atoms with E-state index in [1.54, 1.807) is 38.4 Å². The SMILES string of the molecule is COc1cccc(/C=N/Nc2nnc(C)c(=O)[nH]2)c1OCc1ccc(Cl)cc1. The Balaban J connectivity index is 1.77. The predicted octanol–water partition coefficient (Wildman–Crippen LogP) is 3.16. The highest BCUT2D eigenvalue weighted by Crippen LogP contribution is 2.31. The third-order valence-electron chi connectivity index (χ3n) is 3.76. The number of rotatable bonds is 7. The first-order valence-corrected chi connectivity index (χ1v) is 8.71. The van der Waals surface area contributed by atoms with Crippen LogP contribution in [0.4, 0.5) is 5.95 Å². The first-order valence-electron chi connectivity index (χ1n) is 8.33. The van der Waals surface area contributed by atoms with E-state index in [-0.39, 0.29) is 17.2 Å². The summed E-state index contributed by atoms with van der Waals surface area (Å²) in [7, 11) is 1.57. The summed E-state index contributed by atoms with van der Waals surface area (Å²) in [5.74, 6) is 1.24. The zero-order valence-electron chi connectivity index (χ0n) is 15.3. The van der Waals surface area contributed by atoms with Gasteiger partial charge in [0.1, 0.15) is 12.3 Å². The van der Waals surface area contributed by atoms with Crippen molar-refractivity contribution >= 4 is 23.8 Å². The molecule has 0 aliphatic carbocycles. The average Bonchev–Trinajstić information content (AvgIpc) is 2.70. The van der Waals surface area contributed by atoms with Crippen molar-refractivity contribution in [1.82, 2.24) is 15.2 Å². The van der Waals surface area contributed by atoms with E-state index in [1.165, 1.54) is 0 Å². The minimum Gasteiger partial charge on any atom is -0.493 e. The third-order valence-corrected chi connectivity index (χ3v) is 4.01. The van der Waals surface area contributed by atoms with Crippen LogP contribution >= 0.6 is 11.6 Å².